The summed E-state index contributed by atoms with van der Waals surface area (Å²) in [6.45, 7) is 3.93. The summed E-state index contributed by atoms with van der Waals surface area (Å²) in [4.78, 5) is 35.8. The normalized spacial score (nSPS) is 13.4. The van der Waals surface area contributed by atoms with Crippen LogP contribution in [0.1, 0.15) is 28.8 Å². The largest absolute Gasteiger partial charge is 0.493 e. The summed E-state index contributed by atoms with van der Waals surface area (Å²) in [6, 6.07) is 16.1. The summed E-state index contributed by atoms with van der Waals surface area (Å²) in [5, 5.41) is 8.13. The average molecular weight is 608 g/mol. The molecule has 3 aromatic heterocycles. The smallest absolute Gasteiger partial charge is 0.262 e. The van der Waals surface area contributed by atoms with E-state index in [1.807, 2.05) is 31.2 Å². The standard InChI is InChI=1S/C34H33N5O6/c1-21-4-6-23(7-5-21)32-33(40)26(20-39(38-32)19-22-11-14-44-15-12-22)34(41)37-31-9-8-24(18-36-31)45-28-10-13-35-27-17-30(43-3)29(42-2)16-25(27)28/h4-10,13,16-18,20,22H,11-12,14-15,19H2,1-3H3,(H,36,37,41). The SMILES string of the molecule is COc1cc2nccc(Oc3ccc(NC(=O)c4cn(CC5CCOCC5)nc(-c5ccc(C)cc5)c4=O)nc3)c2cc1OC. The topological polar surface area (TPSA) is 127 Å². The Morgan fingerprint density at radius 2 is 1.73 bits per heavy atom. The van der Waals surface area contributed by atoms with Gasteiger partial charge in [-0.05, 0) is 49.9 Å². The number of anilines is 1. The molecule has 2 aromatic carbocycles. The van der Waals surface area contributed by atoms with Gasteiger partial charge in [-0.25, -0.2) is 4.98 Å². The fraction of sp³-hybridized carbons (Fsp3) is 0.265. The van der Waals surface area contributed by atoms with E-state index in [1.54, 1.807) is 55.4 Å². The van der Waals surface area contributed by atoms with Gasteiger partial charge in [0.1, 0.15) is 28.6 Å². The molecule has 1 aliphatic rings. The van der Waals surface area contributed by atoms with Crippen molar-refractivity contribution < 1.29 is 23.7 Å². The molecule has 11 nitrogen and oxygen atoms in total. The van der Waals surface area contributed by atoms with Crippen molar-refractivity contribution in [2.45, 2.75) is 26.3 Å². The lowest BCUT2D eigenvalue weighted by Crippen LogP contribution is -2.29. The molecule has 0 unspecified atom stereocenters. The van der Waals surface area contributed by atoms with Crippen LogP contribution in [0.2, 0.25) is 0 Å². The Bertz CT molecular complexity index is 1880. The van der Waals surface area contributed by atoms with E-state index in [0.29, 0.717) is 59.8 Å². The number of amides is 1. The molecular weight excluding hydrogens is 574 g/mol. The second-order valence-electron chi connectivity index (χ2n) is 10.8. The second kappa shape index (κ2) is 13.1. The molecule has 1 saturated heterocycles. The van der Waals surface area contributed by atoms with Crippen LogP contribution in [0.4, 0.5) is 5.82 Å². The van der Waals surface area contributed by atoms with Gasteiger partial charge in [-0.15, -0.1) is 0 Å². The highest BCUT2D eigenvalue weighted by Gasteiger charge is 2.21. The van der Waals surface area contributed by atoms with Gasteiger partial charge in [0.25, 0.3) is 5.91 Å². The maximum absolute atomic E-state index is 13.6. The predicted molar refractivity (Wildman–Crippen MR) is 169 cm³/mol. The zero-order valence-electron chi connectivity index (χ0n) is 25.3. The Morgan fingerprint density at radius 3 is 2.44 bits per heavy atom. The number of hydrogen-bond donors (Lipinski definition) is 1. The third-order valence-corrected chi connectivity index (χ3v) is 7.73. The molecule has 0 spiro atoms. The summed E-state index contributed by atoms with van der Waals surface area (Å²) in [5.41, 5.74) is 2.15. The van der Waals surface area contributed by atoms with Crippen LogP contribution in [0, 0.1) is 12.8 Å². The molecule has 230 valence electrons. The summed E-state index contributed by atoms with van der Waals surface area (Å²) < 4.78 is 24.1. The monoisotopic (exact) mass is 607 g/mol. The van der Waals surface area contributed by atoms with Crippen LogP contribution >= 0.6 is 0 Å². The van der Waals surface area contributed by atoms with Gasteiger partial charge in [0.2, 0.25) is 5.43 Å². The molecule has 4 heterocycles. The molecule has 45 heavy (non-hydrogen) atoms. The molecule has 0 saturated carbocycles. The molecular formula is C34H33N5O6. The molecule has 6 rings (SSSR count). The van der Waals surface area contributed by atoms with Gasteiger partial charge in [0.15, 0.2) is 11.5 Å². The van der Waals surface area contributed by atoms with E-state index in [2.05, 4.69) is 20.4 Å². The van der Waals surface area contributed by atoms with E-state index in [-0.39, 0.29) is 17.1 Å². The number of benzene rings is 2. The zero-order valence-corrected chi connectivity index (χ0v) is 25.3. The highest BCUT2D eigenvalue weighted by atomic mass is 16.5. The minimum atomic E-state index is -0.571. The van der Waals surface area contributed by atoms with Gasteiger partial charge in [-0.1, -0.05) is 29.8 Å². The fourth-order valence-electron chi connectivity index (χ4n) is 5.25. The van der Waals surface area contributed by atoms with Crippen LogP contribution < -0.4 is 25.0 Å². The van der Waals surface area contributed by atoms with Crippen molar-refractivity contribution in [2.75, 3.05) is 32.8 Å². The first-order valence-corrected chi connectivity index (χ1v) is 14.6. The van der Waals surface area contributed by atoms with Crippen molar-refractivity contribution >= 4 is 22.6 Å². The van der Waals surface area contributed by atoms with E-state index < -0.39 is 11.3 Å². The van der Waals surface area contributed by atoms with Gasteiger partial charge in [-0.3, -0.25) is 19.3 Å². The van der Waals surface area contributed by atoms with E-state index in [9.17, 15) is 9.59 Å². The Morgan fingerprint density at radius 1 is 0.978 bits per heavy atom. The highest BCUT2D eigenvalue weighted by molar-refractivity contribution is 6.04. The minimum absolute atomic E-state index is 0.0117. The van der Waals surface area contributed by atoms with Gasteiger partial charge in [-0.2, -0.15) is 5.10 Å². The van der Waals surface area contributed by atoms with Crippen LogP contribution in [0.15, 0.2) is 78.0 Å². The average Bonchev–Trinajstić information content (AvgIpc) is 3.06. The van der Waals surface area contributed by atoms with E-state index in [0.717, 1.165) is 23.8 Å². The van der Waals surface area contributed by atoms with Crippen LogP contribution in [0.3, 0.4) is 0 Å². The summed E-state index contributed by atoms with van der Waals surface area (Å²) in [5.74, 6) is 2.13. The van der Waals surface area contributed by atoms with Crippen molar-refractivity contribution in [2.24, 2.45) is 5.92 Å². The predicted octanol–water partition coefficient (Wildman–Crippen LogP) is 5.65. The summed E-state index contributed by atoms with van der Waals surface area (Å²) >= 11 is 0. The molecule has 5 aromatic rings. The number of carbonyl (C=O) groups excluding carboxylic acids is 1. The summed E-state index contributed by atoms with van der Waals surface area (Å²) in [7, 11) is 3.13. The Kier molecular flexibility index (Phi) is 8.70. The van der Waals surface area contributed by atoms with Crippen LogP contribution in [-0.4, -0.2) is 53.1 Å². The number of methoxy groups -OCH3 is 2. The lowest BCUT2D eigenvalue weighted by atomic mass is 10.0. The molecule has 1 N–H and O–H groups in total. The highest BCUT2D eigenvalue weighted by Crippen LogP contribution is 2.36. The maximum atomic E-state index is 13.6. The quantitative estimate of drug-likeness (QED) is 0.226. The fourth-order valence-corrected chi connectivity index (χ4v) is 5.25. The van der Waals surface area contributed by atoms with Gasteiger partial charge < -0.3 is 24.3 Å². The number of pyridine rings is 2. The lowest BCUT2D eigenvalue weighted by molar-refractivity contribution is 0.0599. The van der Waals surface area contributed by atoms with Crippen molar-refractivity contribution in [1.82, 2.24) is 19.7 Å². The zero-order chi connectivity index (χ0) is 31.3. The van der Waals surface area contributed by atoms with Crippen LogP contribution in [0.5, 0.6) is 23.0 Å². The number of nitrogens with zero attached hydrogens (tertiary/aromatic N) is 4. The Balaban J connectivity index is 1.24. The molecule has 1 fully saturated rings. The lowest BCUT2D eigenvalue weighted by Gasteiger charge is -2.23. The van der Waals surface area contributed by atoms with Crippen molar-refractivity contribution in [3.63, 3.8) is 0 Å². The molecule has 0 bridgehead atoms. The maximum Gasteiger partial charge on any atom is 0.262 e. The first-order valence-electron chi connectivity index (χ1n) is 14.6. The molecule has 1 aliphatic heterocycles. The van der Waals surface area contributed by atoms with E-state index >= 15 is 0 Å². The summed E-state index contributed by atoms with van der Waals surface area (Å²) in [6.07, 6.45) is 6.45. The molecule has 0 aliphatic carbocycles. The first kappa shape index (κ1) is 29.8. The number of ether oxygens (including phenoxy) is 4. The number of aryl methyl sites for hydroxylation is 1. The molecule has 0 atom stereocenters. The molecule has 0 radical (unpaired) electrons. The van der Waals surface area contributed by atoms with E-state index in [1.165, 1.54) is 12.4 Å². The van der Waals surface area contributed by atoms with E-state index in [4.69, 9.17) is 18.9 Å². The number of fused-ring (bicyclic) bond motifs is 1. The number of aromatic nitrogens is 4. The number of nitrogens with one attached hydrogen (secondary N) is 1. The number of carbonyl (C=O) groups is 1. The van der Waals surface area contributed by atoms with Gasteiger partial charge in [0.05, 0.1) is 25.9 Å². The van der Waals surface area contributed by atoms with Crippen molar-refractivity contribution in [3.05, 3.63) is 94.5 Å². The number of rotatable bonds is 9. The third kappa shape index (κ3) is 6.63. The van der Waals surface area contributed by atoms with Crippen LogP contribution in [0.25, 0.3) is 22.2 Å². The second-order valence-corrected chi connectivity index (χ2v) is 10.8. The minimum Gasteiger partial charge on any atom is -0.493 e. The third-order valence-electron chi connectivity index (χ3n) is 7.73. The van der Waals surface area contributed by atoms with Crippen molar-refractivity contribution in [3.8, 4) is 34.3 Å². The molecule has 11 heteroatoms. The molecule has 1 amide bonds. The van der Waals surface area contributed by atoms with Crippen molar-refractivity contribution in [1.29, 1.82) is 0 Å². The number of hydrogen-bond acceptors (Lipinski definition) is 9. The van der Waals surface area contributed by atoms with Crippen LogP contribution in [-0.2, 0) is 11.3 Å². The Hall–Kier alpha value is -5.29. The first-order chi connectivity index (χ1) is 21.9. The van der Waals surface area contributed by atoms with Gasteiger partial charge >= 0.3 is 0 Å². The Labute approximate surface area is 259 Å². The van der Waals surface area contributed by atoms with Gasteiger partial charge in [0, 0.05) is 49.2 Å².